The fourth-order valence-electron chi connectivity index (χ4n) is 2.15. The molecule has 100 valence electrons. The van der Waals surface area contributed by atoms with Gasteiger partial charge in [0.15, 0.2) is 0 Å². The van der Waals surface area contributed by atoms with E-state index in [4.69, 9.17) is 11.6 Å². The summed E-state index contributed by atoms with van der Waals surface area (Å²) in [4.78, 5) is 2.35. The van der Waals surface area contributed by atoms with Crippen LogP contribution in [0.4, 0.5) is 5.69 Å². The average Bonchev–Trinajstić information content (AvgIpc) is 2.45. The third-order valence-electron chi connectivity index (χ3n) is 3.17. The third-order valence-corrected chi connectivity index (χ3v) is 4.08. The van der Waals surface area contributed by atoms with Crippen LogP contribution in [0.15, 0.2) is 48.5 Å². The van der Waals surface area contributed by atoms with Crippen molar-refractivity contribution in [3.63, 3.8) is 0 Å². The van der Waals surface area contributed by atoms with E-state index in [9.17, 15) is 0 Å². The quantitative estimate of drug-likeness (QED) is 0.672. The molecule has 3 heteroatoms. The molecule has 0 aliphatic rings. The normalized spacial score (nSPS) is 10.5. The average molecular weight is 339 g/mol. The fraction of sp³-hybridized carbons (Fsp3) is 0.250. The Hall–Kier alpha value is -0.990. The van der Waals surface area contributed by atoms with Crippen molar-refractivity contribution in [2.75, 3.05) is 11.4 Å². The smallest absolute Gasteiger partial charge is 0.0467 e. The van der Waals surface area contributed by atoms with Gasteiger partial charge in [-0.2, -0.15) is 0 Å². The van der Waals surface area contributed by atoms with Gasteiger partial charge in [0, 0.05) is 34.7 Å². The summed E-state index contributed by atoms with van der Waals surface area (Å²) < 4.78 is 0. The highest BCUT2D eigenvalue weighted by atomic mass is 79.9. The molecule has 0 fully saturated rings. The van der Waals surface area contributed by atoms with Gasteiger partial charge in [-0.1, -0.05) is 63.9 Å². The van der Waals surface area contributed by atoms with Crippen molar-refractivity contribution in [2.45, 2.75) is 18.8 Å². The predicted molar refractivity (Wildman–Crippen MR) is 87.2 cm³/mol. The zero-order valence-electron chi connectivity index (χ0n) is 10.9. The summed E-state index contributed by atoms with van der Waals surface area (Å²) >= 11 is 9.81. The number of hydrogen-bond donors (Lipinski definition) is 0. The Labute approximate surface area is 128 Å². The van der Waals surface area contributed by atoms with Crippen LogP contribution in [-0.4, -0.2) is 6.54 Å². The molecule has 0 spiro atoms. The summed E-state index contributed by atoms with van der Waals surface area (Å²) in [6, 6.07) is 16.6. The summed E-state index contributed by atoms with van der Waals surface area (Å²) in [7, 11) is 0. The van der Waals surface area contributed by atoms with Gasteiger partial charge < -0.3 is 4.90 Å². The molecule has 0 bridgehead atoms. The summed E-state index contributed by atoms with van der Waals surface area (Å²) in [6.45, 7) is 4.02. The molecule has 0 aliphatic heterocycles. The number of benzene rings is 2. The fourth-order valence-corrected chi connectivity index (χ4v) is 3.13. The Morgan fingerprint density at radius 1 is 1.05 bits per heavy atom. The zero-order valence-corrected chi connectivity index (χ0v) is 13.3. The van der Waals surface area contributed by atoms with Crippen LogP contribution in [0.2, 0.25) is 5.02 Å². The number of rotatable bonds is 5. The predicted octanol–water partition coefficient (Wildman–Crippen LogP) is 5.26. The van der Waals surface area contributed by atoms with Gasteiger partial charge in [0.2, 0.25) is 0 Å². The molecule has 19 heavy (non-hydrogen) atoms. The molecule has 0 unspecified atom stereocenters. The summed E-state index contributed by atoms with van der Waals surface area (Å²) in [5.41, 5.74) is 3.67. The number of nitrogens with zero attached hydrogens (tertiary/aromatic N) is 1. The molecular weight excluding hydrogens is 322 g/mol. The van der Waals surface area contributed by atoms with Crippen molar-refractivity contribution < 1.29 is 0 Å². The van der Waals surface area contributed by atoms with Crippen molar-refractivity contribution >= 4 is 33.2 Å². The minimum Gasteiger partial charge on any atom is -0.367 e. The summed E-state index contributed by atoms with van der Waals surface area (Å²) in [5.74, 6) is 0. The Balaban J connectivity index is 2.30. The van der Waals surface area contributed by atoms with E-state index in [1.165, 1.54) is 11.3 Å². The first-order valence-corrected chi connectivity index (χ1v) is 7.88. The van der Waals surface area contributed by atoms with Gasteiger partial charge in [-0.3, -0.25) is 0 Å². The van der Waals surface area contributed by atoms with Gasteiger partial charge in [-0.05, 0) is 24.6 Å². The van der Waals surface area contributed by atoms with Crippen LogP contribution in [0.25, 0.3) is 0 Å². The van der Waals surface area contributed by atoms with Crippen molar-refractivity contribution in [3.05, 3.63) is 64.7 Å². The first-order chi connectivity index (χ1) is 9.26. The van der Waals surface area contributed by atoms with Crippen LogP contribution in [-0.2, 0) is 11.9 Å². The zero-order chi connectivity index (χ0) is 13.7. The van der Waals surface area contributed by atoms with Crippen molar-refractivity contribution in [1.82, 2.24) is 0 Å². The van der Waals surface area contributed by atoms with Crippen molar-refractivity contribution in [2.24, 2.45) is 0 Å². The molecule has 0 amide bonds. The molecule has 2 aromatic carbocycles. The van der Waals surface area contributed by atoms with E-state index < -0.39 is 0 Å². The maximum absolute atomic E-state index is 6.28. The van der Waals surface area contributed by atoms with E-state index in [0.29, 0.717) is 0 Å². The Bertz CT molecular complexity index is 528. The minimum atomic E-state index is 0.771. The topological polar surface area (TPSA) is 3.24 Å². The number of anilines is 1. The van der Waals surface area contributed by atoms with Gasteiger partial charge >= 0.3 is 0 Å². The maximum Gasteiger partial charge on any atom is 0.0467 e. The van der Waals surface area contributed by atoms with E-state index in [1.807, 2.05) is 18.2 Å². The van der Waals surface area contributed by atoms with Gasteiger partial charge in [0.05, 0.1) is 0 Å². The first-order valence-electron chi connectivity index (χ1n) is 6.38. The van der Waals surface area contributed by atoms with Crippen LogP contribution in [0, 0.1) is 0 Å². The van der Waals surface area contributed by atoms with Gasteiger partial charge in [0.25, 0.3) is 0 Å². The molecule has 0 saturated carbocycles. The lowest BCUT2D eigenvalue weighted by molar-refractivity contribution is 0.827. The maximum atomic E-state index is 6.28. The summed E-state index contributed by atoms with van der Waals surface area (Å²) in [6.07, 6.45) is 0. The van der Waals surface area contributed by atoms with E-state index in [-0.39, 0.29) is 0 Å². The molecule has 0 radical (unpaired) electrons. The Morgan fingerprint density at radius 2 is 1.79 bits per heavy atom. The van der Waals surface area contributed by atoms with Crippen molar-refractivity contribution in [1.29, 1.82) is 0 Å². The van der Waals surface area contributed by atoms with E-state index in [0.717, 1.165) is 29.0 Å². The van der Waals surface area contributed by atoms with Crippen LogP contribution in [0.1, 0.15) is 18.1 Å². The van der Waals surface area contributed by atoms with Crippen LogP contribution in [0.3, 0.4) is 0 Å². The molecule has 2 rings (SSSR count). The lowest BCUT2D eigenvalue weighted by atomic mass is 10.1. The molecule has 2 aromatic rings. The number of hydrogen-bond acceptors (Lipinski definition) is 1. The molecule has 0 saturated heterocycles. The lowest BCUT2D eigenvalue weighted by Gasteiger charge is -2.26. The van der Waals surface area contributed by atoms with Gasteiger partial charge in [-0.25, -0.2) is 0 Å². The number of alkyl halides is 1. The van der Waals surface area contributed by atoms with E-state index >= 15 is 0 Å². The molecule has 1 nitrogen and oxygen atoms in total. The standard InChI is InChI=1S/C16H17BrClN/c1-2-19(12-13-7-4-3-5-8-13)16-10-6-9-15(18)14(16)11-17/h3-10H,2,11-12H2,1H3. The number of halogens is 2. The second-order valence-corrected chi connectivity index (χ2v) is 5.34. The lowest BCUT2D eigenvalue weighted by Crippen LogP contribution is -2.23. The molecule has 0 atom stereocenters. The van der Waals surface area contributed by atoms with Crippen molar-refractivity contribution in [3.8, 4) is 0 Å². The van der Waals surface area contributed by atoms with Crippen LogP contribution >= 0.6 is 27.5 Å². The van der Waals surface area contributed by atoms with E-state index in [2.05, 4.69) is 58.1 Å². The highest BCUT2D eigenvalue weighted by molar-refractivity contribution is 9.08. The molecule has 0 heterocycles. The SMILES string of the molecule is CCN(Cc1ccccc1)c1cccc(Cl)c1CBr. The highest BCUT2D eigenvalue weighted by Gasteiger charge is 2.12. The Morgan fingerprint density at radius 3 is 2.42 bits per heavy atom. The van der Waals surface area contributed by atoms with Crippen LogP contribution < -0.4 is 4.90 Å². The van der Waals surface area contributed by atoms with Gasteiger partial charge in [-0.15, -0.1) is 0 Å². The molecule has 0 aliphatic carbocycles. The minimum absolute atomic E-state index is 0.771. The van der Waals surface area contributed by atoms with Gasteiger partial charge in [0.1, 0.15) is 0 Å². The largest absolute Gasteiger partial charge is 0.367 e. The molecule has 0 aromatic heterocycles. The van der Waals surface area contributed by atoms with Crippen LogP contribution in [0.5, 0.6) is 0 Å². The second-order valence-electron chi connectivity index (χ2n) is 4.37. The first kappa shape index (κ1) is 14.4. The summed E-state index contributed by atoms with van der Waals surface area (Å²) in [5, 5.41) is 1.59. The second kappa shape index (κ2) is 6.97. The molecule has 0 N–H and O–H groups in total. The third kappa shape index (κ3) is 3.52. The highest BCUT2D eigenvalue weighted by Crippen LogP contribution is 2.30. The molecular formula is C16H17BrClN. The van der Waals surface area contributed by atoms with E-state index in [1.54, 1.807) is 0 Å². The Kier molecular flexibility index (Phi) is 5.29. The monoisotopic (exact) mass is 337 g/mol.